The molecule has 0 aliphatic rings. The van der Waals surface area contributed by atoms with Crippen molar-refractivity contribution >= 4 is 11.8 Å². The van der Waals surface area contributed by atoms with Crippen molar-refractivity contribution in [1.82, 2.24) is 0 Å². The largest absolute Gasteiger partial charge is 0.388 e. The maximum absolute atomic E-state index is 10.0. The first-order chi connectivity index (χ1) is 7.19. The molecule has 1 rings (SSSR count). The highest BCUT2D eigenvalue weighted by atomic mass is 32.2. The summed E-state index contributed by atoms with van der Waals surface area (Å²) < 4.78 is 0. The van der Waals surface area contributed by atoms with E-state index in [0.717, 1.165) is 17.7 Å². The van der Waals surface area contributed by atoms with Crippen LogP contribution in [-0.2, 0) is 0 Å². The van der Waals surface area contributed by atoms with Crippen LogP contribution in [0, 0.1) is 5.92 Å². The summed E-state index contributed by atoms with van der Waals surface area (Å²) in [7, 11) is 0. The van der Waals surface area contributed by atoms with Gasteiger partial charge in [0.05, 0.1) is 6.10 Å². The first kappa shape index (κ1) is 12.6. The normalized spacial score (nSPS) is 14.9. The molecule has 2 heteroatoms. The lowest BCUT2D eigenvalue weighted by molar-refractivity contribution is 0.115. The molecule has 1 nitrogen and oxygen atoms in total. The van der Waals surface area contributed by atoms with Crippen LogP contribution in [0.4, 0.5) is 0 Å². The van der Waals surface area contributed by atoms with Crippen molar-refractivity contribution in [3.63, 3.8) is 0 Å². The van der Waals surface area contributed by atoms with Gasteiger partial charge in [-0.2, -0.15) is 0 Å². The monoisotopic (exact) mass is 224 g/mol. The van der Waals surface area contributed by atoms with E-state index in [-0.39, 0.29) is 6.10 Å². The molecule has 0 amide bonds. The summed E-state index contributed by atoms with van der Waals surface area (Å²) in [6, 6.07) is 8.26. The minimum absolute atomic E-state index is 0.323. The predicted molar refractivity (Wildman–Crippen MR) is 67.3 cm³/mol. The third kappa shape index (κ3) is 3.54. The Kier molecular flexibility index (Phi) is 5.20. The van der Waals surface area contributed by atoms with Gasteiger partial charge in [0, 0.05) is 4.90 Å². The van der Waals surface area contributed by atoms with E-state index in [9.17, 15) is 5.11 Å². The Morgan fingerprint density at radius 1 is 1.20 bits per heavy atom. The van der Waals surface area contributed by atoms with E-state index >= 15 is 0 Å². The van der Waals surface area contributed by atoms with Gasteiger partial charge in [0.2, 0.25) is 0 Å². The fourth-order valence-electron chi connectivity index (χ4n) is 1.48. The molecule has 1 N–H and O–H groups in total. The molecule has 0 aliphatic carbocycles. The molecule has 0 saturated heterocycles. The van der Waals surface area contributed by atoms with Crippen LogP contribution in [0.25, 0.3) is 0 Å². The molecule has 0 aromatic heterocycles. The second-order valence-corrected chi connectivity index (χ2v) is 5.17. The van der Waals surface area contributed by atoms with Crippen molar-refractivity contribution in [2.45, 2.75) is 38.2 Å². The minimum atomic E-state index is -0.323. The van der Waals surface area contributed by atoms with Crippen LogP contribution in [-0.4, -0.2) is 10.9 Å². The molecule has 84 valence electrons. The molecule has 1 aromatic rings. The number of hydrogen-bond acceptors (Lipinski definition) is 2. The maximum Gasteiger partial charge on any atom is 0.0815 e. The van der Waals surface area contributed by atoms with Crippen LogP contribution in [0.2, 0.25) is 0 Å². The van der Waals surface area contributed by atoms with Crippen LogP contribution in [0.5, 0.6) is 0 Å². The molecular weight excluding hydrogens is 204 g/mol. The highest BCUT2D eigenvalue weighted by Gasteiger charge is 2.13. The first-order valence-electron chi connectivity index (χ1n) is 5.59. The van der Waals surface area contributed by atoms with Crippen LogP contribution in [0.1, 0.15) is 38.9 Å². The quantitative estimate of drug-likeness (QED) is 0.766. The summed E-state index contributed by atoms with van der Waals surface area (Å²) in [4.78, 5) is 1.28. The molecule has 0 bridgehead atoms. The van der Waals surface area contributed by atoms with E-state index in [4.69, 9.17) is 0 Å². The number of aliphatic hydroxyl groups is 1. The summed E-state index contributed by atoms with van der Waals surface area (Å²) in [6.07, 6.45) is 0.683. The average Bonchev–Trinajstić information content (AvgIpc) is 2.28. The highest BCUT2D eigenvalue weighted by molar-refractivity contribution is 7.99. The summed E-state index contributed by atoms with van der Waals surface area (Å²) in [5, 5.41) is 10.0. The summed E-state index contributed by atoms with van der Waals surface area (Å²) >= 11 is 1.83. The van der Waals surface area contributed by atoms with E-state index in [0.29, 0.717) is 5.92 Å². The van der Waals surface area contributed by atoms with Gasteiger partial charge in [-0.1, -0.05) is 39.3 Å². The van der Waals surface area contributed by atoms with Crippen LogP contribution in [0.3, 0.4) is 0 Å². The van der Waals surface area contributed by atoms with E-state index < -0.39 is 0 Å². The van der Waals surface area contributed by atoms with Gasteiger partial charge in [0.1, 0.15) is 0 Å². The number of benzene rings is 1. The van der Waals surface area contributed by atoms with E-state index in [1.165, 1.54) is 4.90 Å². The number of rotatable bonds is 5. The Morgan fingerprint density at radius 3 is 2.27 bits per heavy atom. The second-order valence-electron chi connectivity index (χ2n) is 3.83. The first-order valence-corrected chi connectivity index (χ1v) is 6.58. The maximum atomic E-state index is 10.0. The lowest BCUT2D eigenvalue weighted by atomic mass is 9.95. The molecule has 15 heavy (non-hydrogen) atoms. The lowest BCUT2D eigenvalue weighted by Crippen LogP contribution is -2.07. The molecule has 0 saturated carbocycles. The Bertz CT molecular complexity index is 281. The zero-order valence-electron chi connectivity index (χ0n) is 9.73. The Labute approximate surface area is 96.9 Å². The van der Waals surface area contributed by atoms with Gasteiger partial charge >= 0.3 is 0 Å². The van der Waals surface area contributed by atoms with Gasteiger partial charge < -0.3 is 5.11 Å². The smallest absolute Gasteiger partial charge is 0.0815 e. The average molecular weight is 224 g/mol. The van der Waals surface area contributed by atoms with Crippen molar-refractivity contribution in [3.8, 4) is 0 Å². The topological polar surface area (TPSA) is 20.2 Å². The number of hydrogen-bond donors (Lipinski definition) is 1. The summed E-state index contributed by atoms with van der Waals surface area (Å²) in [5.74, 6) is 1.42. The van der Waals surface area contributed by atoms with Crippen molar-refractivity contribution in [2.24, 2.45) is 5.92 Å². The van der Waals surface area contributed by atoms with Gasteiger partial charge in [-0.3, -0.25) is 0 Å². The summed E-state index contributed by atoms with van der Waals surface area (Å²) in [6.45, 7) is 6.33. The standard InChI is InChI=1S/C13H20OS/c1-4-10(3)13(14)11-6-8-12(9-7-11)15-5-2/h6-10,13-14H,4-5H2,1-3H3. The van der Waals surface area contributed by atoms with Gasteiger partial charge in [-0.25, -0.2) is 0 Å². The molecule has 0 heterocycles. The van der Waals surface area contributed by atoms with Gasteiger partial charge in [-0.15, -0.1) is 11.8 Å². The summed E-state index contributed by atoms with van der Waals surface area (Å²) in [5.41, 5.74) is 1.03. The number of aliphatic hydroxyl groups excluding tert-OH is 1. The zero-order chi connectivity index (χ0) is 11.3. The van der Waals surface area contributed by atoms with Gasteiger partial charge in [0.25, 0.3) is 0 Å². The second kappa shape index (κ2) is 6.19. The van der Waals surface area contributed by atoms with Gasteiger partial charge in [0.15, 0.2) is 0 Å². The Hall–Kier alpha value is -0.470. The van der Waals surface area contributed by atoms with Gasteiger partial charge in [-0.05, 0) is 29.4 Å². The molecule has 1 aromatic carbocycles. The third-order valence-electron chi connectivity index (χ3n) is 2.72. The molecule has 0 radical (unpaired) electrons. The predicted octanol–water partition coefficient (Wildman–Crippen LogP) is 3.88. The molecule has 2 atom stereocenters. The van der Waals surface area contributed by atoms with E-state index in [1.54, 1.807) is 0 Å². The third-order valence-corrected chi connectivity index (χ3v) is 3.61. The van der Waals surface area contributed by atoms with Crippen molar-refractivity contribution in [3.05, 3.63) is 29.8 Å². The fourth-order valence-corrected chi connectivity index (χ4v) is 2.14. The lowest BCUT2D eigenvalue weighted by Gasteiger charge is -2.17. The van der Waals surface area contributed by atoms with Crippen molar-refractivity contribution in [1.29, 1.82) is 0 Å². The van der Waals surface area contributed by atoms with Crippen molar-refractivity contribution in [2.75, 3.05) is 5.75 Å². The number of thioether (sulfide) groups is 1. The van der Waals surface area contributed by atoms with Crippen LogP contribution >= 0.6 is 11.8 Å². The Balaban J connectivity index is 2.70. The minimum Gasteiger partial charge on any atom is -0.388 e. The van der Waals surface area contributed by atoms with Crippen molar-refractivity contribution < 1.29 is 5.11 Å². The molecular formula is C13H20OS. The van der Waals surface area contributed by atoms with Crippen LogP contribution < -0.4 is 0 Å². The highest BCUT2D eigenvalue weighted by Crippen LogP contribution is 2.26. The molecule has 2 unspecified atom stereocenters. The Morgan fingerprint density at radius 2 is 1.80 bits per heavy atom. The fraction of sp³-hybridized carbons (Fsp3) is 0.538. The van der Waals surface area contributed by atoms with E-state index in [1.807, 2.05) is 23.9 Å². The zero-order valence-corrected chi connectivity index (χ0v) is 10.6. The molecule has 0 fully saturated rings. The van der Waals surface area contributed by atoms with Crippen LogP contribution in [0.15, 0.2) is 29.2 Å². The molecule has 0 spiro atoms. The molecule has 0 aliphatic heterocycles. The SMILES string of the molecule is CCSc1ccc(C(O)C(C)CC)cc1. The van der Waals surface area contributed by atoms with E-state index in [2.05, 4.69) is 32.9 Å².